The second-order valence-corrected chi connectivity index (χ2v) is 12.8. The molecule has 0 unspecified atom stereocenters. The van der Waals surface area contributed by atoms with E-state index in [4.69, 9.17) is 9.47 Å². The first kappa shape index (κ1) is 31.6. The average Bonchev–Trinajstić information content (AvgIpc) is 3.43. The highest BCUT2D eigenvalue weighted by Crippen LogP contribution is 2.47. The third-order valence-electron chi connectivity index (χ3n) is 7.68. The van der Waals surface area contributed by atoms with E-state index in [9.17, 15) is 31.1 Å². The number of benzene rings is 3. The molecule has 2 atom stereocenters. The van der Waals surface area contributed by atoms with Gasteiger partial charge in [0, 0.05) is 32.2 Å². The monoisotopic (exact) mass is 639 g/mol. The summed E-state index contributed by atoms with van der Waals surface area (Å²) in [6.07, 6.45) is -12.4. The molecule has 44 heavy (non-hydrogen) atoms. The van der Waals surface area contributed by atoms with Crippen LogP contribution >= 0.6 is 11.3 Å². The third kappa shape index (κ3) is 5.83. The van der Waals surface area contributed by atoms with E-state index in [1.54, 1.807) is 6.07 Å². The van der Waals surface area contributed by atoms with Crippen molar-refractivity contribution in [2.45, 2.75) is 64.2 Å². The Hall–Kier alpha value is -3.80. The van der Waals surface area contributed by atoms with Gasteiger partial charge < -0.3 is 9.47 Å². The lowest BCUT2D eigenvalue weighted by Gasteiger charge is -2.24. The van der Waals surface area contributed by atoms with Crippen molar-refractivity contribution in [3.8, 4) is 16.9 Å². The molecule has 1 saturated heterocycles. The van der Waals surface area contributed by atoms with Crippen molar-refractivity contribution < 1.29 is 45.0 Å². The molecule has 0 aliphatic carbocycles. The first-order chi connectivity index (χ1) is 20.4. The summed E-state index contributed by atoms with van der Waals surface area (Å²) in [5.74, 6) is -0.183. The zero-order valence-corrected chi connectivity index (χ0v) is 25.1. The van der Waals surface area contributed by atoms with Gasteiger partial charge in [-0.1, -0.05) is 39.0 Å². The normalized spacial score (nSPS) is 17.8. The van der Waals surface area contributed by atoms with E-state index in [1.165, 1.54) is 36.3 Å². The number of rotatable bonds is 5. The number of cyclic esters (lactones) is 1. The predicted molar refractivity (Wildman–Crippen MR) is 153 cm³/mol. The number of hydrogen-bond donors (Lipinski definition) is 0. The lowest BCUT2D eigenvalue weighted by Crippen LogP contribution is -2.31. The van der Waals surface area contributed by atoms with Crippen molar-refractivity contribution in [2.75, 3.05) is 7.11 Å². The molecule has 2 heterocycles. The SMILES string of the molecule is COc1cc(F)c(C(C)(C)C)cc1-c1c(CN2C(=O)O[C@H](c3cc(C(F)(F)F)cc(C(F)(F)F)c3)[C@@H]2C)sc2ccccc12. The minimum absolute atomic E-state index is 0.0358. The maximum Gasteiger partial charge on any atom is 0.416 e. The maximum absolute atomic E-state index is 15.1. The predicted octanol–water partition coefficient (Wildman–Crippen LogP) is 10.1. The molecule has 0 radical (unpaired) electrons. The van der Waals surface area contributed by atoms with Crippen molar-refractivity contribution in [1.82, 2.24) is 4.90 Å². The molecule has 0 bridgehead atoms. The summed E-state index contributed by atoms with van der Waals surface area (Å²) in [5.41, 5.74) is -2.26. The molecular weight excluding hydrogens is 611 g/mol. The van der Waals surface area contributed by atoms with Crippen molar-refractivity contribution in [1.29, 1.82) is 0 Å². The van der Waals surface area contributed by atoms with Gasteiger partial charge in [-0.25, -0.2) is 9.18 Å². The summed E-state index contributed by atoms with van der Waals surface area (Å²) in [7, 11) is 1.41. The van der Waals surface area contributed by atoms with Crippen LogP contribution < -0.4 is 4.74 Å². The van der Waals surface area contributed by atoms with Crippen LogP contribution in [0.25, 0.3) is 21.2 Å². The van der Waals surface area contributed by atoms with Gasteiger partial charge in [-0.15, -0.1) is 11.3 Å². The Balaban J connectivity index is 1.60. The van der Waals surface area contributed by atoms with Gasteiger partial charge in [0.05, 0.1) is 30.8 Å². The molecule has 1 aliphatic rings. The highest BCUT2D eigenvalue weighted by atomic mass is 32.1. The Morgan fingerprint density at radius 1 is 0.932 bits per heavy atom. The van der Waals surface area contributed by atoms with E-state index in [-0.39, 0.29) is 18.4 Å². The van der Waals surface area contributed by atoms with Crippen LogP contribution in [0, 0.1) is 5.82 Å². The second-order valence-electron chi connectivity index (χ2n) is 11.7. The lowest BCUT2D eigenvalue weighted by atomic mass is 9.84. The summed E-state index contributed by atoms with van der Waals surface area (Å²) in [6.45, 7) is 7.05. The van der Waals surface area contributed by atoms with E-state index in [1.807, 2.05) is 45.0 Å². The summed E-state index contributed by atoms with van der Waals surface area (Å²) < 4.78 is 108. The number of alkyl halides is 6. The second kappa shape index (κ2) is 11.0. The van der Waals surface area contributed by atoms with Crippen molar-refractivity contribution in [3.05, 3.63) is 87.5 Å². The zero-order valence-electron chi connectivity index (χ0n) is 24.3. The van der Waals surface area contributed by atoms with Crippen LogP contribution in [-0.2, 0) is 29.0 Å². The molecule has 12 heteroatoms. The van der Waals surface area contributed by atoms with Gasteiger partial charge in [-0.05, 0) is 53.8 Å². The molecule has 3 aromatic carbocycles. The molecule has 1 aliphatic heterocycles. The lowest BCUT2D eigenvalue weighted by molar-refractivity contribution is -0.143. The van der Waals surface area contributed by atoms with E-state index in [0.717, 1.165) is 10.1 Å². The molecule has 0 spiro atoms. The number of fused-ring (bicyclic) bond motifs is 1. The molecule has 5 rings (SSSR count). The van der Waals surface area contributed by atoms with E-state index in [2.05, 4.69) is 0 Å². The van der Waals surface area contributed by atoms with E-state index in [0.29, 0.717) is 33.7 Å². The Morgan fingerprint density at radius 3 is 2.11 bits per heavy atom. The molecule has 1 amide bonds. The number of nitrogens with zero attached hydrogens (tertiary/aromatic N) is 1. The first-order valence-corrected chi connectivity index (χ1v) is 14.4. The van der Waals surface area contributed by atoms with Gasteiger partial charge in [0.25, 0.3) is 0 Å². The smallest absolute Gasteiger partial charge is 0.416 e. The van der Waals surface area contributed by atoms with Crippen LogP contribution in [0.4, 0.5) is 35.5 Å². The third-order valence-corrected chi connectivity index (χ3v) is 8.83. The van der Waals surface area contributed by atoms with Crippen LogP contribution in [0.1, 0.15) is 60.9 Å². The zero-order chi connectivity index (χ0) is 32.4. The first-order valence-electron chi connectivity index (χ1n) is 13.6. The number of halogens is 7. The van der Waals surface area contributed by atoms with Gasteiger partial charge in [0.1, 0.15) is 17.7 Å². The van der Waals surface area contributed by atoms with E-state index < -0.39 is 58.5 Å². The number of ether oxygens (including phenoxy) is 2. The standard InChI is InChI=1S/C32H28F7NO3S/c1-16-28(17-10-18(31(34,35)36)12-19(11-17)32(37,38)39)43-29(41)40(16)15-26-27(20-8-6-7-9-25(20)44-26)21-13-22(30(2,3)4)23(33)14-24(21)42-5/h6-14,16,28H,15H2,1-5H3/t16-,28-/m0/s1. The highest BCUT2D eigenvalue weighted by molar-refractivity contribution is 7.19. The number of carbonyl (C=O) groups excluding carboxylic acids is 1. The fourth-order valence-electron chi connectivity index (χ4n) is 5.45. The molecule has 0 N–H and O–H groups in total. The Morgan fingerprint density at radius 2 is 1.55 bits per heavy atom. The van der Waals surface area contributed by atoms with Gasteiger partial charge in [0.2, 0.25) is 0 Å². The topological polar surface area (TPSA) is 38.8 Å². The van der Waals surface area contributed by atoms with Crippen LogP contribution in [0.2, 0.25) is 0 Å². The van der Waals surface area contributed by atoms with Crippen molar-refractivity contribution in [2.24, 2.45) is 0 Å². The summed E-state index contributed by atoms with van der Waals surface area (Å²) in [4.78, 5) is 15.1. The number of carbonyl (C=O) groups is 1. The Bertz CT molecular complexity index is 1700. The Labute approximate surface area is 253 Å². The number of hydrogen-bond acceptors (Lipinski definition) is 4. The number of methoxy groups -OCH3 is 1. The average molecular weight is 640 g/mol. The van der Waals surface area contributed by atoms with E-state index >= 15 is 4.39 Å². The fourth-order valence-corrected chi connectivity index (χ4v) is 6.67. The Kier molecular flexibility index (Phi) is 7.89. The summed E-state index contributed by atoms with van der Waals surface area (Å²) in [5, 5.41) is 0.807. The quantitative estimate of drug-likeness (QED) is 0.204. The van der Waals surface area contributed by atoms with Gasteiger partial charge in [0.15, 0.2) is 0 Å². The number of amides is 1. The molecule has 1 aromatic heterocycles. The molecule has 0 saturated carbocycles. The van der Waals surface area contributed by atoms with Gasteiger partial charge >= 0.3 is 18.4 Å². The highest BCUT2D eigenvalue weighted by Gasteiger charge is 2.43. The minimum atomic E-state index is -5.05. The van der Waals surface area contributed by atoms with Crippen LogP contribution in [0.15, 0.2) is 54.6 Å². The molecule has 1 fully saturated rings. The summed E-state index contributed by atoms with van der Waals surface area (Å²) >= 11 is 1.36. The minimum Gasteiger partial charge on any atom is -0.496 e. The molecule has 4 aromatic rings. The summed E-state index contributed by atoms with van der Waals surface area (Å²) in [6, 6.07) is 10.7. The molecular formula is C32H28F7NO3S. The number of thiophene rings is 1. The van der Waals surface area contributed by atoms with Crippen molar-refractivity contribution in [3.63, 3.8) is 0 Å². The maximum atomic E-state index is 15.1. The van der Waals surface area contributed by atoms with Gasteiger partial charge in [-0.3, -0.25) is 4.90 Å². The van der Waals surface area contributed by atoms with Crippen molar-refractivity contribution >= 4 is 27.5 Å². The largest absolute Gasteiger partial charge is 0.496 e. The van der Waals surface area contributed by atoms with Crippen LogP contribution in [-0.4, -0.2) is 24.1 Å². The molecule has 4 nitrogen and oxygen atoms in total. The fraction of sp³-hybridized carbons (Fsp3) is 0.344. The molecule has 234 valence electrons. The van der Waals surface area contributed by atoms with Crippen LogP contribution in [0.5, 0.6) is 5.75 Å². The van der Waals surface area contributed by atoms with Crippen LogP contribution in [0.3, 0.4) is 0 Å². The van der Waals surface area contributed by atoms with Gasteiger partial charge in [-0.2, -0.15) is 26.3 Å².